The van der Waals surface area contributed by atoms with E-state index in [9.17, 15) is 9.59 Å². The molecule has 170 valence electrons. The summed E-state index contributed by atoms with van der Waals surface area (Å²) in [4.78, 5) is 29.8. The number of thiocarbonyl (C=S) groups is 1. The summed E-state index contributed by atoms with van der Waals surface area (Å²) < 4.78 is 0. The summed E-state index contributed by atoms with van der Waals surface area (Å²) in [6, 6.07) is 24.1. The topological polar surface area (TPSA) is 52.7 Å². The number of hydrogen-bond acceptors (Lipinski definition) is 4. The molecule has 1 saturated heterocycles. The standard InChI is InChI=1S/C28H25N3O2S/c1-19-8-5-6-12-24(19)31-27(33)23(26(32)29-28(31)34)17-21-13-14-25-22(16-21)11-7-15-30(25)18-20-9-3-2-4-10-20/h2-6,8-10,12-14,16-17H,7,11,15,18H2,1H3,(H,29,32,34)/b23-17+. The van der Waals surface area contributed by atoms with Crippen molar-refractivity contribution >= 4 is 46.6 Å². The molecule has 0 radical (unpaired) electrons. The van der Waals surface area contributed by atoms with E-state index in [0.717, 1.165) is 37.1 Å². The van der Waals surface area contributed by atoms with E-state index in [1.807, 2.05) is 43.3 Å². The van der Waals surface area contributed by atoms with E-state index in [0.29, 0.717) is 5.69 Å². The van der Waals surface area contributed by atoms with Crippen molar-refractivity contribution in [1.29, 1.82) is 0 Å². The smallest absolute Gasteiger partial charge is 0.270 e. The summed E-state index contributed by atoms with van der Waals surface area (Å²) >= 11 is 5.33. The number of nitrogens with zero attached hydrogens (tertiary/aromatic N) is 2. The van der Waals surface area contributed by atoms with Gasteiger partial charge in [-0.2, -0.15) is 0 Å². The number of carbonyl (C=O) groups excluding carboxylic acids is 2. The van der Waals surface area contributed by atoms with Crippen LogP contribution in [0.1, 0.15) is 28.7 Å². The van der Waals surface area contributed by atoms with Crippen LogP contribution in [0.25, 0.3) is 6.08 Å². The number of carbonyl (C=O) groups is 2. The van der Waals surface area contributed by atoms with Crippen molar-refractivity contribution in [3.05, 3.63) is 101 Å². The third-order valence-electron chi connectivity index (χ3n) is 6.30. The van der Waals surface area contributed by atoms with Gasteiger partial charge in [0.2, 0.25) is 0 Å². The van der Waals surface area contributed by atoms with Gasteiger partial charge in [0.15, 0.2) is 5.11 Å². The van der Waals surface area contributed by atoms with Crippen LogP contribution in [-0.4, -0.2) is 23.5 Å². The lowest BCUT2D eigenvalue weighted by Crippen LogP contribution is -2.54. The summed E-state index contributed by atoms with van der Waals surface area (Å²) in [5, 5.41) is 2.77. The quantitative estimate of drug-likeness (QED) is 0.341. The summed E-state index contributed by atoms with van der Waals surface area (Å²) in [7, 11) is 0. The molecule has 3 aromatic rings. The van der Waals surface area contributed by atoms with Gasteiger partial charge in [-0.25, -0.2) is 0 Å². The molecule has 0 spiro atoms. The molecule has 2 aliphatic heterocycles. The largest absolute Gasteiger partial charge is 0.367 e. The van der Waals surface area contributed by atoms with Gasteiger partial charge in [0.25, 0.3) is 11.8 Å². The molecule has 0 aromatic heterocycles. The molecular weight excluding hydrogens is 442 g/mol. The third-order valence-corrected chi connectivity index (χ3v) is 6.59. The van der Waals surface area contributed by atoms with Gasteiger partial charge in [0.1, 0.15) is 5.57 Å². The molecule has 0 bridgehead atoms. The predicted molar refractivity (Wildman–Crippen MR) is 140 cm³/mol. The first-order chi connectivity index (χ1) is 16.5. The molecule has 0 saturated carbocycles. The fraction of sp³-hybridized carbons (Fsp3) is 0.179. The highest BCUT2D eigenvalue weighted by atomic mass is 32.1. The Morgan fingerprint density at radius 1 is 0.971 bits per heavy atom. The second-order valence-corrected chi connectivity index (χ2v) is 9.03. The Kier molecular flexibility index (Phi) is 5.99. The van der Waals surface area contributed by atoms with E-state index in [2.05, 4.69) is 46.6 Å². The normalized spacial score (nSPS) is 17.1. The van der Waals surface area contributed by atoms with Crippen LogP contribution in [0.4, 0.5) is 11.4 Å². The van der Waals surface area contributed by atoms with Gasteiger partial charge in [-0.3, -0.25) is 19.8 Å². The van der Waals surface area contributed by atoms with E-state index in [-0.39, 0.29) is 10.7 Å². The maximum Gasteiger partial charge on any atom is 0.270 e. The number of anilines is 2. The lowest BCUT2D eigenvalue weighted by atomic mass is 9.97. The van der Waals surface area contributed by atoms with Crippen LogP contribution < -0.4 is 15.1 Å². The van der Waals surface area contributed by atoms with Gasteiger partial charge in [0.05, 0.1) is 5.69 Å². The number of nitrogens with one attached hydrogen (secondary N) is 1. The average Bonchev–Trinajstić information content (AvgIpc) is 2.83. The first-order valence-electron chi connectivity index (χ1n) is 11.4. The highest BCUT2D eigenvalue weighted by molar-refractivity contribution is 7.80. The zero-order valence-electron chi connectivity index (χ0n) is 19.0. The summed E-state index contributed by atoms with van der Waals surface area (Å²) in [6.45, 7) is 3.78. The molecule has 34 heavy (non-hydrogen) atoms. The molecule has 2 amide bonds. The Hall–Kier alpha value is -3.77. The second kappa shape index (κ2) is 9.23. The maximum absolute atomic E-state index is 13.3. The first-order valence-corrected chi connectivity index (χ1v) is 11.8. The molecule has 1 N–H and O–H groups in total. The minimum Gasteiger partial charge on any atom is -0.367 e. The SMILES string of the molecule is Cc1ccccc1N1C(=O)/C(=C/c2ccc3c(c2)CCCN3Cc2ccccc2)C(=O)NC1=S. The van der Waals surface area contributed by atoms with Gasteiger partial charge < -0.3 is 4.90 Å². The number of benzene rings is 3. The van der Waals surface area contributed by atoms with E-state index in [4.69, 9.17) is 12.2 Å². The van der Waals surface area contributed by atoms with Crippen molar-refractivity contribution in [1.82, 2.24) is 5.32 Å². The average molecular weight is 468 g/mol. The number of fused-ring (bicyclic) bond motifs is 1. The van der Waals surface area contributed by atoms with E-state index < -0.39 is 11.8 Å². The minimum atomic E-state index is -0.469. The zero-order chi connectivity index (χ0) is 23.7. The van der Waals surface area contributed by atoms with Crippen molar-refractivity contribution in [3.63, 3.8) is 0 Å². The molecule has 5 rings (SSSR count). The number of amides is 2. The van der Waals surface area contributed by atoms with Crippen LogP contribution in [0.2, 0.25) is 0 Å². The van der Waals surface area contributed by atoms with Gasteiger partial charge in [-0.1, -0.05) is 54.6 Å². The second-order valence-electron chi connectivity index (χ2n) is 8.64. The fourth-order valence-corrected chi connectivity index (χ4v) is 4.88. The number of aryl methyl sites for hydroxylation is 2. The van der Waals surface area contributed by atoms with Gasteiger partial charge >= 0.3 is 0 Å². The molecule has 2 aliphatic rings. The summed E-state index contributed by atoms with van der Waals surface area (Å²) in [5.41, 5.74) is 6.20. The Morgan fingerprint density at radius 3 is 2.53 bits per heavy atom. The van der Waals surface area contributed by atoms with Crippen molar-refractivity contribution in [2.24, 2.45) is 0 Å². The molecule has 0 aliphatic carbocycles. The summed E-state index contributed by atoms with van der Waals surface area (Å²) in [5.74, 6) is -0.880. The van der Waals surface area contributed by atoms with E-state index in [1.165, 1.54) is 21.7 Å². The fourth-order valence-electron chi connectivity index (χ4n) is 4.61. The highest BCUT2D eigenvalue weighted by Gasteiger charge is 2.35. The van der Waals surface area contributed by atoms with Crippen LogP contribution in [0.15, 0.2) is 78.4 Å². The van der Waals surface area contributed by atoms with Gasteiger partial charge in [-0.05, 0) is 78.5 Å². The highest BCUT2D eigenvalue weighted by Crippen LogP contribution is 2.31. The molecule has 1 fully saturated rings. The van der Waals surface area contributed by atoms with E-state index >= 15 is 0 Å². The minimum absolute atomic E-state index is 0.0776. The number of hydrogen-bond donors (Lipinski definition) is 1. The monoisotopic (exact) mass is 467 g/mol. The molecule has 6 heteroatoms. The summed E-state index contributed by atoms with van der Waals surface area (Å²) in [6.07, 6.45) is 3.70. The van der Waals surface area contributed by atoms with Crippen LogP contribution >= 0.6 is 12.2 Å². The van der Waals surface area contributed by atoms with Crippen LogP contribution in [0.3, 0.4) is 0 Å². The Labute approximate surface area is 204 Å². The lowest BCUT2D eigenvalue weighted by Gasteiger charge is -2.32. The van der Waals surface area contributed by atoms with Crippen molar-refractivity contribution < 1.29 is 9.59 Å². The van der Waals surface area contributed by atoms with Gasteiger partial charge in [0, 0.05) is 18.8 Å². The van der Waals surface area contributed by atoms with Crippen LogP contribution in [-0.2, 0) is 22.6 Å². The molecule has 0 unspecified atom stereocenters. The molecule has 3 aromatic carbocycles. The van der Waals surface area contributed by atoms with Crippen LogP contribution in [0.5, 0.6) is 0 Å². The lowest BCUT2D eigenvalue weighted by molar-refractivity contribution is -0.122. The molecular formula is C28H25N3O2S. The maximum atomic E-state index is 13.3. The molecule has 2 heterocycles. The number of rotatable bonds is 4. The van der Waals surface area contributed by atoms with Crippen molar-refractivity contribution in [2.45, 2.75) is 26.3 Å². The Bertz CT molecular complexity index is 1320. The van der Waals surface area contributed by atoms with Crippen molar-refractivity contribution in [2.75, 3.05) is 16.3 Å². The zero-order valence-corrected chi connectivity index (χ0v) is 19.8. The van der Waals surface area contributed by atoms with Crippen LogP contribution in [0, 0.1) is 6.92 Å². The predicted octanol–water partition coefficient (Wildman–Crippen LogP) is 4.78. The molecule has 5 nitrogen and oxygen atoms in total. The third kappa shape index (κ3) is 4.24. The van der Waals surface area contributed by atoms with Crippen molar-refractivity contribution in [3.8, 4) is 0 Å². The Morgan fingerprint density at radius 2 is 1.74 bits per heavy atom. The van der Waals surface area contributed by atoms with E-state index in [1.54, 1.807) is 6.08 Å². The Balaban J connectivity index is 1.45. The first kappa shape index (κ1) is 22.0. The van der Waals surface area contributed by atoms with Gasteiger partial charge in [-0.15, -0.1) is 0 Å². The molecule has 0 atom stereocenters. The number of para-hydroxylation sites is 1.